The van der Waals surface area contributed by atoms with E-state index in [0.717, 1.165) is 6.07 Å². The second-order valence-corrected chi connectivity index (χ2v) is 12.6. The lowest BCUT2D eigenvalue weighted by Crippen LogP contribution is -2.40. The molecule has 1 aromatic carbocycles. The fourth-order valence-electron chi connectivity index (χ4n) is 4.80. The van der Waals surface area contributed by atoms with Gasteiger partial charge in [-0.1, -0.05) is 12.1 Å². The molecule has 2 aliphatic heterocycles. The topological polar surface area (TPSA) is 107 Å². The predicted molar refractivity (Wildman–Crippen MR) is 136 cm³/mol. The van der Waals surface area contributed by atoms with Gasteiger partial charge < -0.3 is 24.3 Å². The number of aryl methyl sites for hydroxylation is 1. The molecule has 2 bridgehead atoms. The van der Waals surface area contributed by atoms with Crippen molar-refractivity contribution >= 4 is 35.2 Å². The van der Waals surface area contributed by atoms with Gasteiger partial charge >= 0.3 is 12.2 Å². The van der Waals surface area contributed by atoms with Crippen LogP contribution in [0, 0.1) is 6.92 Å². The molecular weight excluding hydrogens is 522 g/mol. The van der Waals surface area contributed by atoms with Gasteiger partial charge in [-0.3, -0.25) is 4.79 Å². The third-order valence-electron chi connectivity index (χ3n) is 6.88. The average molecular weight is 549 g/mol. The van der Waals surface area contributed by atoms with Gasteiger partial charge in [-0.2, -0.15) is 23.1 Å². The van der Waals surface area contributed by atoms with Gasteiger partial charge in [0.25, 0.3) is 0 Å². The van der Waals surface area contributed by atoms with Gasteiger partial charge in [-0.05, 0) is 26.0 Å². The number of nitrogens with one attached hydrogen (secondary N) is 1. The highest BCUT2D eigenvalue weighted by Crippen LogP contribution is 2.47. The number of amides is 1. The number of nitrogens with zero attached hydrogens (tertiary/aromatic N) is 4. The van der Waals surface area contributed by atoms with E-state index in [1.165, 1.54) is 13.0 Å². The van der Waals surface area contributed by atoms with Crippen LogP contribution in [0.5, 0.6) is 11.8 Å². The lowest BCUT2D eigenvalue weighted by Gasteiger charge is -2.31. The molecule has 5 rings (SSSR count). The number of hydrogen-bond donors (Lipinski definition) is 1. The van der Waals surface area contributed by atoms with Crippen LogP contribution < -0.4 is 20.2 Å². The summed E-state index contributed by atoms with van der Waals surface area (Å²) in [6, 6.07) is 4.98. The second-order valence-electron chi connectivity index (χ2n) is 9.44. The van der Waals surface area contributed by atoms with E-state index >= 15 is 0 Å². The summed E-state index contributed by atoms with van der Waals surface area (Å²) in [4.78, 5) is 27.0. The zero-order valence-electron chi connectivity index (χ0n) is 21.1. The molecule has 0 unspecified atom stereocenters. The Morgan fingerprint density at radius 3 is 2.53 bits per heavy atom. The number of ether oxygens (including phenoxy) is 2. The molecule has 4 heterocycles. The maximum absolute atomic E-state index is 13.9. The molecule has 0 aliphatic carbocycles. The van der Waals surface area contributed by atoms with Gasteiger partial charge in [0.15, 0.2) is 0 Å². The molecule has 0 saturated carbocycles. The van der Waals surface area contributed by atoms with Gasteiger partial charge in [0.1, 0.15) is 42.9 Å². The highest BCUT2D eigenvalue weighted by atomic mass is 31.2. The summed E-state index contributed by atoms with van der Waals surface area (Å²) in [5, 5.41) is 3.73. The average Bonchev–Trinajstić information content (AvgIpc) is 2.88. The van der Waals surface area contributed by atoms with E-state index < -0.39 is 24.9 Å². The number of para-hydroxylation sites is 1. The Labute approximate surface area is 217 Å². The Morgan fingerprint density at radius 1 is 1.13 bits per heavy atom. The third kappa shape index (κ3) is 4.89. The Kier molecular flexibility index (Phi) is 6.71. The number of hydrogen-bond acceptors (Lipinski definition) is 8. The summed E-state index contributed by atoms with van der Waals surface area (Å²) in [6.45, 7) is 5.51. The van der Waals surface area contributed by atoms with Crippen molar-refractivity contribution in [1.82, 2.24) is 19.9 Å². The molecule has 9 nitrogen and oxygen atoms in total. The van der Waals surface area contributed by atoms with Crippen molar-refractivity contribution in [3.05, 3.63) is 41.1 Å². The van der Waals surface area contributed by atoms with E-state index in [0.29, 0.717) is 58.8 Å². The van der Waals surface area contributed by atoms with Crippen LogP contribution in [-0.2, 0) is 15.5 Å². The van der Waals surface area contributed by atoms with Crippen LogP contribution in [0.1, 0.15) is 36.7 Å². The van der Waals surface area contributed by atoms with Crippen LogP contribution in [0.2, 0.25) is 0 Å². The maximum Gasteiger partial charge on any atom is 0.419 e. The van der Waals surface area contributed by atoms with E-state index in [1.54, 1.807) is 30.9 Å². The van der Waals surface area contributed by atoms with Gasteiger partial charge in [0.2, 0.25) is 5.91 Å². The summed E-state index contributed by atoms with van der Waals surface area (Å²) in [5.74, 6) is -0.00448. The van der Waals surface area contributed by atoms with E-state index in [-0.39, 0.29) is 30.9 Å². The number of anilines is 1. The van der Waals surface area contributed by atoms with Gasteiger partial charge in [-0.25, -0.2) is 4.98 Å². The molecule has 1 fully saturated rings. The quantitative estimate of drug-likeness (QED) is 0.452. The minimum Gasteiger partial charge on any atom is -0.489 e. The molecule has 0 radical (unpaired) electrons. The molecular formula is C25H27F3N5O4P. The fraction of sp³-hybridized carbons (Fsp3) is 0.440. The maximum atomic E-state index is 13.9. The standard InChI is InChI=1S/C25H27F3N5O4P/c1-14-17-5-4-6-19(25(26,27)28)22(17)36-9-10-37-24-31-21-15(2)29-20(13-18(21)23(30-14)32-24)38(35)11-7-33(8-12-38)16(3)34/h4-6,13-14H,7-12H2,1-3H3,(H,30,31,32)/t14-/m1/s1. The minimum atomic E-state index is -4.60. The van der Waals surface area contributed by atoms with Crippen LogP contribution in [-0.4, -0.2) is 64.4 Å². The van der Waals surface area contributed by atoms with Crippen LogP contribution in [0.15, 0.2) is 24.3 Å². The van der Waals surface area contributed by atoms with Crippen LogP contribution in [0.25, 0.3) is 10.9 Å². The first-order chi connectivity index (χ1) is 18.0. The number of rotatable bonds is 1. The molecule has 0 spiro atoms. The van der Waals surface area contributed by atoms with Crippen molar-refractivity contribution in [1.29, 1.82) is 0 Å². The van der Waals surface area contributed by atoms with Gasteiger partial charge in [0.05, 0.1) is 17.3 Å². The SMILES string of the molecule is CC(=O)N1CCP(=O)(c2cc3c4nc(nc3c(C)n2)OCCOc2c(cccc2C(F)(F)F)[C@@H](C)N4)CC1. The summed E-state index contributed by atoms with van der Waals surface area (Å²) in [6.07, 6.45) is -3.97. The molecule has 13 heteroatoms. The smallest absolute Gasteiger partial charge is 0.419 e. The third-order valence-corrected chi connectivity index (χ3v) is 9.79. The Balaban J connectivity index is 1.60. The molecule has 38 heavy (non-hydrogen) atoms. The fourth-order valence-corrected chi connectivity index (χ4v) is 7.31. The lowest BCUT2D eigenvalue weighted by molar-refractivity contribution is -0.139. The Morgan fingerprint density at radius 2 is 1.84 bits per heavy atom. The number of fused-ring (bicyclic) bond motifs is 5. The molecule has 1 atom stereocenters. The molecule has 2 aliphatic rings. The van der Waals surface area contributed by atoms with Crippen molar-refractivity contribution in [3.8, 4) is 11.8 Å². The Hall–Kier alpha value is -3.40. The normalized spacial score (nSPS) is 19.4. The van der Waals surface area contributed by atoms with Crippen molar-refractivity contribution in [2.75, 3.05) is 43.9 Å². The van der Waals surface area contributed by atoms with Crippen LogP contribution >= 0.6 is 7.14 Å². The first kappa shape index (κ1) is 26.2. The first-order valence-corrected chi connectivity index (χ1v) is 14.3. The van der Waals surface area contributed by atoms with Gasteiger partial charge in [-0.15, -0.1) is 0 Å². The summed E-state index contributed by atoms with van der Waals surface area (Å²) in [5.41, 5.74) is 0.863. The molecule has 1 saturated heterocycles. The summed E-state index contributed by atoms with van der Waals surface area (Å²) < 4.78 is 66.3. The number of carbonyl (C=O) groups is 1. The molecule has 1 amide bonds. The van der Waals surface area contributed by atoms with Crippen molar-refractivity contribution in [2.24, 2.45) is 0 Å². The van der Waals surface area contributed by atoms with E-state index in [1.807, 2.05) is 0 Å². The Bertz CT molecular complexity index is 1450. The predicted octanol–water partition coefficient (Wildman–Crippen LogP) is 4.15. The molecule has 3 aromatic rings. The highest BCUT2D eigenvalue weighted by molar-refractivity contribution is 7.71. The number of alkyl halides is 3. The van der Waals surface area contributed by atoms with E-state index in [2.05, 4.69) is 20.3 Å². The zero-order chi connectivity index (χ0) is 27.2. The van der Waals surface area contributed by atoms with E-state index in [9.17, 15) is 22.5 Å². The first-order valence-electron chi connectivity index (χ1n) is 12.2. The zero-order valence-corrected chi connectivity index (χ0v) is 22.0. The van der Waals surface area contributed by atoms with Crippen molar-refractivity contribution in [3.63, 3.8) is 0 Å². The van der Waals surface area contributed by atoms with Crippen LogP contribution in [0.3, 0.4) is 0 Å². The van der Waals surface area contributed by atoms with Gasteiger partial charge in [0, 0.05) is 43.3 Å². The number of carbonyl (C=O) groups excluding carboxylic acids is 1. The van der Waals surface area contributed by atoms with E-state index in [4.69, 9.17) is 9.47 Å². The second kappa shape index (κ2) is 9.72. The number of benzene rings is 1. The highest BCUT2D eigenvalue weighted by Gasteiger charge is 2.37. The molecule has 1 N–H and O–H groups in total. The molecule has 2 aromatic heterocycles. The summed E-state index contributed by atoms with van der Waals surface area (Å²) in [7, 11) is -2.90. The minimum absolute atomic E-state index is 0.0249. The van der Waals surface area contributed by atoms with Crippen LogP contribution in [0.4, 0.5) is 19.0 Å². The number of aromatic nitrogens is 3. The summed E-state index contributed by atoms with van der Waals surface area (Å²) >= 11 is 0. The lowest BCUT2D eigenvalue weighted by atomic mass is 10.0. The molecule has 202 valence electrons. The number of pyridine rings is 1. The largest absolute Gasteiger partial charge is 0.489 e. The monoisotopic (exact) mass is 549 g/mol. The number of halogens is 3. The van der Waals surface area contributed by atoms with Crippen molar-refractivity contribution < 1.29 is 32.0 Å². The van der Waals surface area contributed by atoms with Crippen molar-refractivity contribution in [2.45, 2.75) is 33.0 Å².